The maximum atomic E-state index is 11.3. The second-order valence-electron chi connectivity index (χ2n) is 3.65. The Morgan fingerprint density at radius 2 is 2.38 bits per heavy atom. The molecule has 2 nitrogen and oxygen atoms in total. The van der Waals surface area contributed by atoms with Crippen molar-refractivity contribution in [2.75, 3.05) is 0 Å². The summed E-state index contributed by atoms with van der Waals surface area (Å²) in [5, 5.41) is 0. The number of allylic oxidation sites excluding steroid dienone is 1. The molecule has 0 spiro atoms. The van der Waals surface area contributed by atoms with Crippen LogP contribution in [0, 0.1) is 5.92 Å². The van der Waals surface area contributed by atoms with Gasteiger partial charge in [0.2, 0.25) is 0 Å². The van der Waals surface area contributed by atoms with Crippen LogP contribution in [0.15, 0.2) is 12.7 Å². The molecule has 1 saturated heterocycles. The average molecular weight is 182 g/mol. The summed E-state index contributed by atoms with van der Waals surface area (Å²) in [6.45, 7) is 5.76. The first-order valence-electron chi connectivity index (χ1n) is 5.09. The number of cyclic esters (lactones) is 1. The van der Waals surface area contributed by atoms with E-state index in [1.807, 2.05) is 6.08 Å². The smallest absolute Gasteiger partial charge is 0.309 e. The van der Waals surface area contributed by atoms with E-state index in [4.69, 9.17) is 4.74 Å². The molecular weight excluding hydrogens is 164 g/mol. The Morgan fingerprint density at radius 3 is 3.00 bits per heavy atom. The van der Waals surface area contributed by atoms with E-state index in [9.17, 15) is 4.79 Å². The summed E-state index contributed by atoms with van der Waals surface area (Å²) >= 11 is 0. The van der Waals surface area contributed by atoms with Gasteiger partial charge in [0.05, 0.1) is 5.92 Å². The predicted molar refractivity (Wildman–Crippen MR) is 52.3 cm³/mol. The number of hydrogen-bond acceptors (Lipinski definition) is 2. The van der Waals surface area contributed by atoms with Gasteiger partial charge in [-0.1, -0.05) is 19.4 Å². The van der Waals surface area contributed by atoms with Crippen molar-refractivity contribution in [1.29, 1.82) is 0 Å². The minimum absolute atomic E-state index is 0.0101. The molecular formula is C11H18O2. The fourth-order valence-electron chi connectivity index (χ4n) is 1.79. The minimum Gasteiger partial charge on any atom is -0.462 e. The molecule has 0 N–H and O–H groups in total. The van der Waals surface area contributed by atoms with Crippen LogP contribution in [0.5, 0.6) is 0 Å². The number of rotatable bonds is 5. The zero-order chi connectivity index (χ0) is 9.68. The Hall–Kier alpha value is -0.790. The zero-order valence-electron chi connectivity index (χ0n) is 8.29. The minimum atomic E-state index is 0.0101. The monoisotopic (exact) mass is 182 g/mol. The third-order valence-electron chi connectivity index (χ3n) is 2.49. The molecule has 13 heavy (non-hydrogen) atoms. The summed E-state index contributed by atoms with van der Waals surface area (Å²) in [7, 11) is 0. The van der Waals surface area contributed by atoms with Crippen LogP contribution in [0.2, 0.25) is 0 Å². The Bertz CT molecular complexity index is 187. The maximum Gasteiger partial charge on any atom is 0.309 e. The molecule has 0 bridgehead atoms. The standard InChI is InChI=1S/C11H18O2/c1-3-5-7-10-8-9(6-4-2)11(12)13-10/h3,9-10H,1,4-8H2,2H3. The Balaban J connectivity index is 2.31. The first-order valence-corrected chi connectivity index (χ1v) is 5.09. The Labute approximate surface area is 80.0 Å². The van der Waals surface area contributed by atoms with Gasteiger partial charge in [0.25, 0.3) is 0 Å². The van der Waals surface area contributed by atoms with Crippen molar-refractivity contribution in [2.24, 2.45) is 5.92 Å². The lowest BCUT2D eigenvalue weighted by Crippen LogP contribution is -2.06. The third kappa shape index (κ3) is 2.87. The van der Waals surface area contributed by atoms with Gasteiger partial charge in [0, 0.05) is 0 Å². The highest BCUT2D eigenvalue weighted by molar-refractivity contribution is 5.74. The van der Waals surface area contributed by atoms with Gasteiger partial charge in [-0.15, -0.1) is 6.58 Å². The Morgan fingerprint density at radius 1 is 1.62 bits per heavy atom. The summed E-state index contributed by atoms with van der Waals surface area (Å²) in [5.74, 6) is 0.177. The average Bonchev–Trinajstić information content (AvgIpc) is 2.45. The second kappa shape index (κ2) is 5.05. The van der Waals surface area contributed by atoms with Gasteiger partial charge in [0.1, 0.15) is 6.10 Å². The van der Waals surface area contributed by atoms with E-state index in [2.05, 4.69) is 13.5 Å². The quantitative estimate of drug-likeness (QED) is 0.482. The number of hydrogen-bond donors (Lipinski definition) is 0. The molecule has 2 heteroatoms. The molecule has 0 amide bonds. The van der Waals surface area contributed by atoms with E-state index < -0.39 is 0 Å². The molecule has 1 rings (SSSR count). The lowest BCUT2D eigenvalue weighted by molar-refractivity contribution is -0.144. The number of carbonyl (C=O) groups is 1. The summed E-state index contributed by atoms with van der Waals surface area (Å²) < 4.78 is 5.24. The fourth-order valence-corrected chi connectivity index (χ4v) is 1.79. The van der Waals surface area contributed by atoms with Crippen molar-refractivity contribution >= 4 is 5.97 Å². The van der Waals surface area contributed by atoms with E-state index in [0.29, 0.717) is 0 Å². The molecule has 0 saturated carbocycles. The normalized spacial score (nSPS) is 27.3. The van der Waals surface area contributed by atoms with Gasteiger partial charge >= 0.3 is 5.97 Å². The molecule has 2 unspecified atom stereocenters. The highest BCUT2D eigenvalue weighted by Gasteiger charge is 2.32. The van der Waals surface area contributed by atoms with Crippen LogP contribution in [0.1, 0.15) is 39.0 Å². The molecule has 0 aromatic carbocycles. The van der Waals surface area contributed by atoms with Crippen molar-refractivity contribution in [3.63, 3.8) is 0 Å². The highest BCUT2D eigenvalue weighted by Crippen LogP contribution is 2.27. The van der Waals surface area contributed by atoms with Gasteiger partial charge in [0.15, 0.2) is 0 Å². The topological polar surface area (TPSA) is 26.3 Å². The van der Waals surface area contributed by atoms with Gasteiger partial charge < -0.3 is 4.74 Å². The van der Waals surface area contributed by atoms with Gasteiger partial charge in [-0.2, -0.15) is 0 Å². The first kappa shape index (κ1) is 10.3. The van der Waals surface area contributed by atoms with E-state index in [1.54, 1.807) is 0 Å². The number of carbonyl (C=O) groups excluding carboxylic acids is 1. The van der Waals surface area contributed by atoms with Gasteiger partial charge in [-0.25, -0.2) is 0 Å². The molecule has 1 fully saturated rings. The lowest BCUT2D eigenvalue weighted by atomic mass is 9.98. The fraction of sp³-hybridized carbons (Fsp3) is 0.727. The SMILES string of the molecule is C=CCCC1CC(CCC)C(=O)O1. The molecule has 1 aliphatic heterocycles. The van der Waals surface area contributed by atoms with Crippen molar-refractivity contribution in [2.45, 2.75) is 45.1 Å². The Kier molecular flexibility index (Phi) is 4.00. The van der Waals surface area contributed by atoms with Crippen LogP contribution in [0.3, 0.4) is 0 Å². The molecule has 0 aromatic heterocycles. The van der Waals surface area contributed by atoms with Crippen molar-refractivity contribution in [3.8, 4) is 0 Å². The lowest BCUT2D eigenvalue weighted by Gasteiger charge is -2.05. The van der Waals surface area contributed by atoms with Crippen LogP contribution in [-0.4, -0.2) is 12.1 Å². The highest BCUT2D eigenvalue weighted by atomic mass is 16.5. The maximum absolute atomic E-state index is 11.3. The first-order chi connectivity index (χ1) is 6.27. The summed E-state index contributed by atoms with van der Waals surface area (Å²) in [5.41, 5.74) is 0. The summed E-state index contributed by atoms with van der Waals surface area (Å²) in [6.07, 6.45) is 6.87. The number of esters is 1. The molecule has 1 heterocycles. The van der Waals surface area contributed by atoms with Crippen LogP contribution < -0.4 is 0 Å². The molecule has 74 valence electrons. The molecule has 2 atom stereocenters. The van der Waals surface area contributed by atoms with Crippen molar-refractivity contribution in [1.82, 2.24) is 0 Å². The second-order valence-corrected chi connectivity index (χ2v) is 3.65. The van der Waals surface area contributed by atoms with E-state index >= 15 is 0 Å². The summed E-state index contributed by atoms with van der Waals surface area (Å²) in [4.78, 5) is 11.3. The molecule has 1 aliphatic rings. The molecule has 0 aliphatic carbocycles. The van der Waals surface area contributed by atoms with Crippen LogP contribution in [0.4, 0.5) is 0 Å². The molecule has 0 aromatic rings. The molecule has 0 radical (unpaired) electrons. The predicted octanol–water partition coefficient (Wildman–Crippen LogP) is 2.68. The van der Waals surface area contributed by atoms with Crippen LogP contribution in [0.25, 0.3) is 0 Å². The van der Waals surface area contributed by atoms with E-state index in [-0.39, 0.29) is 18.0 Å². The zero-order valence-corrected chi connectivity index (χ0v) is 8.29. The van der Waals surface area contributed by atoms with Crippen molar-refractivity contribution in [3.05, 3.63) is 12.7 Å². The van der Waals surface area contributed by atoms with Gasteiger partial charge in [-0.3, -0.25) is 4.79 Å². The summed E-state index contributed by atoms with van der Waals surface area (Å²) in [6, 6.07) is 0. The van der Waals surface area contributed by atoms with Crippen molar-refractivity contribution < 1.29 is 9.53 Å². The van der Waals surface area contributed by atoms with Crippen LogP contribution >= 0.6 is 0 Å². The largest absolute Gasteiger partial charge is 0.462 e. The number of ether oxygens (including phenoxy) is 1. The van der Waals surface area contributed by atoms with E-state index in [0.717, 1.165) is 32.1 Å². The van der Waals surface area contributed by atoms with Gasteiger partial charge in [-0.05, 0) is 25.7 Å². The third-order valence-corrected chi connectivity index (χ3v) is 2.49. The van der Waals surface area contributed by atoms with E-state index in [1.165, 1.54) is 0 Å². The van der Waals surface area contributed by atoms with Crippen LogP contribution in [-0.2, 0) is 9.53 Å².